The maximum absolute atomic E-state index is 12.1. The number of piperidine rings is 1. The standard InChI is InChI=1S/C16H21N3OS/c1-11(2)17-15(20)12-6-7-13-14(10-12)21-16(18-13)19-8-4-3-5-9-19/h6-7,10-11H,3-5,8-9H2,1-2H3,(H,17,20). The van der Waals surface area contributed by atoms with Crippen molar-refractivity contribution in [3.05, 3.63) is 23.8 Å². The Morgan fingerprint density at radius 3 is 2.76 bits per heavy atom. The van der Waals surface area contributed by atoms with Crippen molar-refractivity contribution >= 4 is 32.6 Å². The molecule has 0 spiro atoms. The Kier molecular flexibility index (Phi) is 4.10. The second kappa shape index (κ2) is 6.02. The van der Waals surface area contributed by atoms with Crippen molar-refractivity contribution in [1.29, 1.82) is 0 Å². The number of carbonyl (C=O) groups excluding carboxylic acids is 1. The minimum atomic E-state index is -0.0141. The third kappa shape index (κ3) is 3.18. The Morgan fingerprint density at radius 2 is 2.05 bits per heavy atom. The highest BCUT2D eigenvalue weighted by atomic mass is 32.1. The van der Waals surface area contributed by atoms with Gasteiger partial charge in [-0.2, -0.15) is 0 Å². The van der Waals surface area contributed by atoms with Gasteiger partial charge < -0.3 is 10.2 Å². The van der Waals surface area contributed by atoms with E-state index in [-0.39, 0.29) is 11.9 Å². The van der Waals surface area contributed by atoms with Gasteiger partial charge in [-0.3, -0.25) is 4.79 Å². The Balaban J connectivity index is 1.86. The zero-order chi connectivity index (χ0) is 14.8. The number of carbonyl (C=O) groups is 1. The second-order valence-electron chi connectivity index (χ2n) is 5.85. The van der Waals surface area contributed by atoms with E-state index in [0.29, 0.717) is 5.56 Å². The summed E-state index contributed by atoms with van der Waals surface area (Å²) in [5, 5.41) is 4.02. The smallest absolute Gasteiger partial charge is 0.251 e. The van der Waals surface area contributed by atoms with Gasteiger partial charge in [-0.25, -0.2) is 4.98 Å². The van der Waals surface area contributed by atoms with Crippen LogP contribution in [0.1, 0.15) is 43.5 Å². The molecule has 2 heterocycles. The molecule has 0 aliphatic carbocycles. The Morgan fingerprint density at radius 1 is 1.29 bits per heavy atom. The molecule has 1 aliphatic rings. The van der Waals surface area contributed by atoms with Crippen molar-refractivity contribution in [2.45, 2.75) is 39.2 Å². The lowest BCUT2D eigenvalue weighted by molar-refractivity contribution is 0.0943. The molecular weight excluding hydrogens is 282 g/mol. The van der Waals surface area contributed by atoms with E-state index in [1.807, 2.05) is 32.0 Å². The molecule has 1 aliphatic heterocycles. The van der Waals surface area contributed by atoms with Crippen LogP contribution in [-0.4, -0.2) is 30.0 Å². The third-order valence-electron chi connectivity index (χ3n) is 3.69. The number of aromatic nitrogens is 1. The van der Waals surface area contributed by atoms with Crippen LogP contribution in [-0.2, 0) is 0 Å². The predicted molar refractivity (Wildman–Crippen MR) is 88.3 cm³/mol. The number of hydrogen-bond donors (Lipinski definition) is 1. The topological polar surface area (TPSA) is 45.2 Å². The van der Waals surface area contributed by atoms with Gasteiger partial charge >= 0.3 is 0 Å². The third-order valence-corrected chi connectivity index (χ3v) is 4.76. The molecule has 1 amide bonds. The monoisotopic (exact) mass is 303 g/mol. The molecule has 1 aromatic heterocycles. The molecule has 1 saturated heterocycles. The summed E-state index contributed by atoms with van der Waals surface area (Å²) in [6.45, 7) is 6.14. The van der Waals surface area contributed by atoms with Gasteiger partial charge in [0.2, 0.25) is 0 Å². The molecular formula is C16H21N3OS. The summed E-state index contributed by atoms with van der Waals surface area (Å²) in [5.74, 6) is -0.0141. The SMILES string of the molecule is CC(C)NC(=O)c1ccc2nc(N3CCCCC3)sc2c1. The summed E-state index contributed by atoms with van der Waals surface area (Å²) in [4.78, 5) is 19.1. The highest BCUT2D eigenvalue weighted by Gasteiger charge is 2.16. The van der Waals surface area contributed by atoms with Crippen molar-refractivity contribution in [3.8, 4) is 0 Å². The van der Waals surface area contributed by atoms with Crippen LogP contribution in [0.25, 0.3) is 10.2 Å². The largest absolute Gasteiger partial charge is 0.350 e. The number of nitrogens with zero attached hydrogens (tertiary/aromatic N) is 2. The molecule has 21 heavy (non-hydrogen) atoms. The normalized spacial score (nSPS) is 15.7. The lowest BCUT2D eigenvalue weighted by atomic mass is 10.1. The molecule has 0 radical (unpaired) electrons. The average Bonchev–Trinajstić information content (AvgIpc) is 2.90. The van der Waals surface area contributed by atoms with Crippen molar-refractivity contribution in [2.24, 2.45) is 0 Å². The predicted octanol–water partition coefficient (Wildman–Crippen LogP) is 3.42. The number of benzene rings is 1. The van der Waals surface area contributed by atoms with Crippen LogP contribution in [0.3, 0.4) is 0 Å². The molecule has 3 rings (SSSR count). The number of hydrogen-bond acceptors (Lipinski definition) is 4. The number of nitrogens with one attached hydrogen (secondary N) is 1. The Hall–Kier alpha value is -1.62. The van der Waals surface area contributed by atoms with E-state index in [1.165, 1.54) is 19.3 Å². The lowest BCUT2D eigenvalue weighted by Crippen LogP contribution is -2.29. The van der Waals surface area contributed by atoms with Crippen LogP contribution in [0.4, 0.5) is 5.13 Å². The molecule has 0 bridgehead atoms. The second-order valence-corrected chi connectivity index (χ2v) is 6.86. The summed E-state index contributed by atoms with van der Waals surface area (Å²) in [6, 6.07) is 5.92. The quantitative estimate of drug-likeness (QED) is 0.945. The summed E-state index contributed by atoms with van der Waals surface area (Å²) in [6.07, 6.45) is 3.82. The van der Waals surface area contributed by atoms with Crippen molar-refractivity contribution in [3.63, 3.8) is 0 Å². The lowest BCUT2D eigenvalue weighted by Gasteiger charge is -2.25. The van der Waals surface area contributed by atoms with E-state index in [9.17, 15) is 4.79 Å². The number of anilines is 1. The Labute approximate surface area is 129 Å². The van der Waals surface area contributed by atoms with Crippen LogP contribution in [0.2, 0.25) is 0 Å². The summed E-state index contributed by atoms with van der Waals surface area (Å²) in [7, 11) is 0. The fraction of sp³-hybridized carbons (Fsp3) is 0.500. The molecule has 0 unspecified atom stereocenters. The number of thiazole rings is 1. The highest BCUT2D eigenvalue weighted by molar-refractivity contribution is 7.22. The number of rotatable bonds is 3. The van der Waals surface area contributed by atoms with Gasteiger partial charge in [-0.15, -0.1) is 0 Å². The van der Waals surface area contributed by atoms with E-state index >= 15 is 0 Å². The van der Waals surface area contributed by atoms with Gasteiger partial charge in [0.25, 0.3) is 5.91 Å². The number of amides is 1. The first kappa shape index (κ1) is 14.3. The summed E-state index contributed by atoms with van der Waals surface area (Å²) in [5.41, 5.74) is 1.70. The van der Waals surface area contributed by atoms with Gasteiger partial charge in [-0.05, 0) is 51.3 Å². The first-order valence-corrected chi connectivity index (χ1v) is 8.41. The van der Waals surface area contributed by atoms with Gasteiger partial charge in [0, 0.05) is 24.7 Å². The summed E-state index contributed by atoms with van der Waals surface area (Å²) >= 11 is 1.69. The summed E-state index contributed by atoms with van der Waals surface area (Å²) < 4.78 is 1.09. The van der Waals surface area contributed by atoms with Gasteiger partial charge in [0.1, 0.15) is 0 Å². The number of fused-ring (bicyclic) bond motifs is 1. The van der Waals surface area contributed by atoms with Crippen LogP contribution >= 0.6 is 11.3 Å². The van der Waals surface area contributed by atoms with E-state index in [1.54, 1.807) is 11.3 Å². The maximum atomic E-state index is 12.1. The first-order chi connectivity index (χ1) is 10.1. The van der Waals surface area contributed by atoms with Crippen LogP contribution in [0.5, 0.6) is 0 Å². The van der Waals surface area contributed by atoms with E-state index in [0.717, 1.165) is 28.4 Å². The molecule has 0 atom stereocenters. The molecule has 4 nitrogen and oxygen atoms in total. The molecule has 5 heteroatoms. The maximum Gasteiger partial charge on any atom is 0.251 e. The minimum Gasteiger partial charge on any atom is -0.350 e. The molecule has 112 valence electrons. The molecule has 1 fully saturated rings. The molecule has 1 N–H and O–H groups in total. The van der Waals surface area contributed by atoms with E-state index in [2.05, 4.69) is 10.2 Å². The zero-order valence-electron chi connectivity index (χ0n) is 12.6. The van der Waals surface area contributed by atoms with Gasteiger partial charge in [0.15, 0.2) is 5.13 Å². The van der Waals surface area contributed by atoms with Crippen molar-refractivity contribution in [2.75, 3.05) is 18.0 Å². The highest BCUT2D eigenvalue weighted by Crippen LogP contribution is 2.31. The van der Waals surface area contributed by atoms with Gasteiger partial charge in [0.05, 0.1) is 10.2 Å². The minimum absolute atomic E-state index is 0.0141. The fourth-order valence-corrected chi connectivity index (χ4v) is 3.68. The molecule has 1 aromatic carbocycles. The molecule has 0 saturated carbocycles. The van der Waals surface area contributed by atoms with Crippen LogP contribution in [0, 0.1) is 0 Å². The zero-order valence-corrected chi connectivity index (χ0v) is 13.4. The first-order valence-electron chi connectivity index (χ1n) is 7.60. The Bertz CT molecular complexity index is 644. The van der Waals surface area contributed by atoms with Crippen LogP contribution < -0.4 is 10.2 Å². The van der Waals surface area contributed by atoms with Crippen molar-refractivity contribution < 1.29 is 4.79 Å². The fourth-order valence-electron chi connectivity index (χ4n) is 2.62. The van der Waals surface area contributed by atoms with Crippen LogP contribution in [0.15, 0.2) is 18.2 Å². The average molecular weight is 303 g/mol. The van der Waals surface area contributed by atoms with E-state index in [4.69, 9.17) is 4.98 Å². The van der Waals surface area contributed by atoms with Gasteiger partial charge in [-0.1, -0.05) is 11.3 Å². The van der Waals surface area contributed by atoms with Crippen molar-refractivity contribution in [1.82, 2.24) is 10.3 Å². The molecule has 2 aromatic rings. The van der Waals surface area contributed by atoms with E-state index < -0.39 is 0 Å².